The molecule has 1 aromatic heterocycles. The standard InChI is InChI=1S/C10H19N3OS/c1-10(2,3)9-12-8(14-13-9)7(11)5-6-15-4/h7H,5-6,11H2,1-4H3/t7-/m1/s1. The lowest BCUT2D eigenvalue weighted by atomic mass is 9.96. The van der Waals surface area contributed by atoms with Crippen LogP contribution in [0.1, 0.15) is 44.9 Å². The smallest absolute Gasteiger partial charge is 0.243 e. The van der Waals surface area contributed by atoms with Crippen molar-refractivity contribution in [2.75, 3.05) is 12.0 Å². The molecule has 0 aliphatic heterocycles. The third-order valence-electron chi connectivity index (χ3n) is 2.06. The van der Waals surface area contributed by atoms with Gasteiger partial charge in [-0.25, -0.2) is 0 Å². The van der Waals surface area contributed by atoms with Gasteiger partial charge in [0.2, 0.25) is 5.89 Å². The maximum atomic E-state index is 5.93. The van der Waals surface area contributed by atoms with E-state index >= 15 is 0 Å². The molecule has 0 saturated heterocycles. The number of rotatable bonds is 4. The minimum Gasteiger partial charge on any atom is -0.338 e. The summed E-state index contributed by atoms with van der Waals surface area (Å²) in [6.45, 7) is 6.15. The Kier molecular flexibility index (Phi) is 4.16. The highest BCUT2D eigenvalue weighted by Gasteiger charge is 2.22. The summed E-state index contributed by atoms with van der Waals surface area (Å²) in [4.78, 5) is 4.32. The van der Waals surface area contributed by atoms with Gasteiger partial charge < -0.3 is 10.3 Å². The predicted molar refractivity (Wildman–Crippen MR) is 62.9 cm³/mol. The topological polar surface area (TPSA) is 64.9 Å². The average Bonchev–Trinajstić information content (AvgIpc) is 2.62. The second-order valence-corrected chi connectivity index (χ2v) is 5.58. The SMILES string of the molecule is CSCC[C@@H](N)c1nc(C(C)(C)C)no1. The Morgan fingerprint density at radius 1 is 1.47 bits per heavy atom. The van der Waals surface area contributed by atoms with Gasteiger partial charge in [-0.15, -0.1) is 0 Å². The molecule has 0 bridgehead atoms. The number of aromatic nitrogens is 2. The molecule has 86 valence electrons. The van der Waals surface area contributed by atoms with Crippen molar-refractivity contribution in [2.24, 2.45) is 5.73 Å². The molecule has 1 heterocycles. The molecular formula is C10H19N3OS. The maximum Gasteiger partial charge on any atom is 0.243 e. The van der Waals surface area contributed by atoms with Crippen molar-refractivity contribution in [3.63, 3.8) is 0 Å². The lowest BCUT2D eigenvalue weighted by Crippen LogP contribution is -2.15. The third-order valence-corrected chi connectivity index (χ3v) is 2.71. The van der Waals surface area contributed by atoms with E-state index in [0.717, 1.165) is 18.0 Å². The molecule has 0 spiro atoms. The molecule has 2 N–H and O–H groups in total. The van der Waals surface area contributed by atoms with Gasteiger partial charge in [-0.05, 0) is 18.4 Å². The van der Waals surface area contributed by atoms with Gasteiger partial charge in [0.1, 0.15) is 0 Å². The molecule has 4 nitrogen and oxygen atoms in total. The molecule has 1 aromatic rings. The summed E-state index contributed by atoms with van der Waals surface area (Å²) in [6.07, 6.45) is 2.92. The Morgan fingerprint density at radius 2 is 2.13 bits per heavy atom. The fraction of sp³-hybridized carbons (Fsp3) is 0.800. The molecule has 0 amide bonds. The molecule has 1 rings (SSSR count). The minimum absolute atomic E-state index is 0.0824. The highest BCUT2D eigenvalue weighted by molar-refractivity contribution is 7.98. The van der Waals surface area contributed by atoms with E-state index < -0.39 is 0 Å². The molecule has 0 saturated carbocycles. The van der Waals surface area contributed by atoms with Crippen molar-refractivity contribution < 1.29 is 4.52 Å². The second-order valence-electron chi connectivity index (χ2n) is 4.59. The van der Waals surface area contributed by atoms with Crippen LogP contribution >= 0.6 is 11.8 Å². The van der Waals surface area contributed by atoms with E-state index in [1.807, 2.05) is 0 Å². The highest BCUT2D eigenvalue weighted by atomic mass is 32.2. The number of hydrogen-bond acceptors (Lipinski definition) is 5. The molecule has 0 radical (unpaired) electrons. The van der Waals surface area contributed by atoms with E-state index in [1.54, 1.807) is 11.8 Å². The molecule has 15 heavy (non-hydrogen) atoms. The number of hydrogen-bond donors (Lipinski definition) is 1. The predicted octanol–water partition coefficient (Wildman–Crippen LogP) is 2.12. The van der Waals surface area contributed by atoms with Crippen LogP contribution in [0.25, 0.3) is 0 Å². The van der Waals surface area contributed by atoms with Gasteiger partial charge >= 0.3 is 0 Å². The normalized spacial score (nSPS) is 14.2. The third kappa shape index (κ3) is 3.50. The van der Waals surface area contributed by atoms with Gasteiger partial charge in [0, 0.05) is 5.41 Å². The summed E-state index contributed by atoms with van der Waals surface area (Å²) in [7, 11) is 0. The van der Waals surface area contributed by atoms with E-state index in [-0.39, 0.29) is 11.5 Å². The Bertz CT molecular complexity index is 306. The van der Waals surface area contributed by atoms with Gasteiger partial charge in [-0.3, -0.25) is 0 Å². The Balaban J connectivity index is 2.67. The van der Waals surface area contributed by atoms with Crippen molar-refractivity contribution in [2.45, 2.75) is 38.6 Å². The minimum atomic E-state index is -0.138. The van der Waals surface area contributed by atoms with Crippen LogP contribution in [0, 0.1) is 0 Å². The molecule has 0 aromatic carbocycles. The summed E-state index contributed by atoms with van der Waals surface area (Å²) in [5, 5.41) is 3.94. The van der Waals surface area contributed by atoms with Gasteiger partial charge in [0.25, 0.3) is 0 Å². The molecule has 0 aliphatic carbocycles. The summed E-state index contributed by atoms with van der Waals surface area (Å²) in [6, 6.07) is -0.138. The van der Waals surface area contributed by atoms with Crippen molar-refractivity contribution in [1.29, 1.82) is 0 Å². The van der Waals surface area contributed by atoms with E-state index in [9.17, 15) is 0 Å². The maximum absolute atomic E-state index is 5.93. The van der Waals surface area contributed by atoms with Crippen LogP contribution in [0.2, 0.25) is 0 Å². The van der Waals surface area contributed by atoms with Crippen molar-refractivity contribution in [3.05, 3.63) is 11.7 Å². The van der Waals surface area contributed by atoms with E-state index in [2.05, 4.69) is 37.2 Å². The van der Waals surface area contributed by atoms with Crippen LogP contribution in [0.4, 0.5) is 0 Å². The van der Waals surface area contributed by atoms with Crippen LogP contribution in [-0.4, -0.2) is 22.1 Å². The first-order valence-electron chi connectivity index (χ1n) is 5.03. The number of nitrogens with zero attached hydrogens (tertiary/aromatic N) is 2. The largest absolute Gasteiger partial charge is 0.338 e. The van der Waals surface area contributed by atoms with Crippen LogP contribution in [0.5, 0.6) is 0 Å². The van der Waals surface area contributed by atoms with Crippen molar-refractivity contribution in [1.82, 2.24) is 10.1 Å². The van der Waals surface area contributed by atoms with E-state index in [4.69, 9.17) is 10.3 Å². The summed E-state index contributed by atoms with van der Waals surface area (Å²) in [5.74, 6) is 2.28. The number of thioether (sulfide) groups is 1. The fourth-order valence-corrected chi connectivity index (χ4v) is 1.55. The second kappa shape index (κ2) is 4.99. The molecule has 1 atom stereocenters. The summed E-state index contributed by atoms with van der Waals surface area (Å²) in [5.41, 5.74) is 5.85. The number of nitrogens with two attached hydrogens (primary N) is 1. The Morgan fingerprint density at radius 3 is 2.60 bits per heavy atom. The van der Waals surface area contributed by atoms with E-state index in [0.29, 0.717) is 5.89 Å². The zero-order valence-corrected chi connectivity index (χ0v) is 10.6. The zero-order valence-electron chi connectivity index (χ0n) is 9.78. The first kappa shape index (κ1) is 12.5. The Labute approximate surface area is 95.0 Å². The van der Waals surface area contributed by atoms with Crippen LogP contribution in [0.3, 0.4) is 0 Å². The van der Waals surface area contributed by atoms with Gasteiger partial charge in [-0.2, -0.15) is 16.7 Å². The zero-order chi connectivity index (χ0) is 11.5. The first-order chi connectivity index (χ1) is 6.95. The van der Waals surface area contributed by atoms with Gasteiger partial charge in [0.05, 0.1) is 6.04 Å². The van der Waals surface area contributed by atoms with Gasteiger partial charge in [-0.1, -0.05) is 25.9 Å². The fourth-order valence-electron chi connectivity index (χ4n) is 1.06. The monoisotopic (exact) mass is 229 g/mol. The Hall–Kier alpha value is -0.550. The summed E-state index contributed by atoms with van der Waals surface area (Å²) >= 11 is 1.77. The lowest BCUT2D eigenvalue weighted by Gasteiger charge is -2.11. The van der Waals surface area contributed by atoms with Crippen LogP contribution in [-0.2, 0) is 5.41 Å². The van der Waals surface area contributed by atoms with Crippen LogP contribution in [0.15, 0.2) is 4.52 Å². The van der Waals surface area contributed by atoms with E-state index in [1.165, 1.54) is 0 Å². The average molecular weight is 229 g/mol. The first-order valence-corrected chi connectivity index (χ1v) is 6.43. The lowest BCUT2D eigenvalue weighted by molar-refractivity contribution is 0.342. The molecule has 0 fully saturated rings. The van der Waals surface area contributed by atoms with Crippen molar-refractivity contribution in [3.8, 4) is 0 Å². The summed E-state index contributed by atoms with van der Waals surface area (Å²) < 4.78 is 5.15. The highest BCUT2D eigenvalue weighted by Crippen LogP contribution is 2.21. The molecular weight excluding hydrogens is 210 g/mol. The van der Waals surface area contributed by atoms with Crippen molar-refractivity contribution >= 4 is 11.8 Å². The molecule has 0 aliphatic rings. The molecule has 5 heteroatoms. The quantitative estimate of drug-likeness (QED) is 0.856. The van der Waals surface area contributed by atoms with Gasteiger partial charge in [0.15, 0.2) is 5.82 Å². The van der Waals surface area contributed by atoms with Crippen LogP contribution < -0.4 is 5.73 Å². The molecule has 0 unspecified atom stereocenters.